The number of alkyl halides is 3. The zero-order valence-electron chi connectivity index (χ0n) is 4.81. The van der Waals surface area contributed by atoms with Crippen molar-refractivity contribution >= 4 is 0 Å². The van der Waals surface area contributed by atoms with Gasteiger partial charge in [0.15, 0.2) is 5.82 Å². The Balaban J connectivity index is 2.57. The van der Waals surface area contributed by atoms with Gasteiger partial charge in [-0.2, -0.15) is 18.3 Å². The van der Waals surface area contributed by atoms with Crippen LogP contribution >= 0.6 is 0 Å². The van der Waals surface area contributed by atoms with E-state index < -0.39 is 12.6 Å². The molecular weight excluding hydrogens is 147 g/mol. The molecule has 0 fully saturated rings. The van der Waals surface area contributed by atoms with Gasteiger partial charge in [0, 0.05) is 0 Å². The number of hydrogen-bond donors (Lipinski definition) is 1. The SMILES string of the molecule is FC(F)(F)Cc1nc[nH]n1. The van der Waals surface area contributed by atoms with Crippen molar-refractivity contribution in [2.24, 2.45) is 0 Å². The minimum absolute atomic E-state index is 0.229. The van der Waals surface area contributed by atoms with Crippen molar-refractivity contribution in [2.45, 2.75) is 12.6 Å². The number of hydrogen-bond acceptors (Lipinski definition) is 2. The smallest absolute Gasteiger partial charge is 0.266 e. The Kier molecular flexibility index (Phi) is 1.60. The van der Waals surface area contributed by atoms with Gasteiger partial charge in [-0.15, -0.1) is 0 Å². The van der Waals surface area contributed by atoms with E-state index in [2.05, 4.69) is 15.2 Å². The number of aromatic nitrogens is 3. The molecule has 0 saturated carbocycles. The molecule has 0 unspecified atom stereocenters. The maximum absolute atomic E-state index is 11.5. The third-order valence-electron chi connectivity index (χ3n) is 0.823. The summed E-state index contributed by atoms with van der Waals surface area (Å²) in [5, 5.41) is 5.44. The van der Waals surface area contributed by atoms with Crippen LogP contribution in [-0.4, -0.2) is 21.4 Å². The van der Waals surface area contributed by atoms with E-state index in [1.165, 1.54) is 0 Å². The van der Waals surface area contributed by atoms with Crippen LogP contribution in [0.4, 0.5) is 13.2 Å². The summed E-state index contributed by atoms with van der Waals surface area (Å²) >= 11 is 0. The van der Waals surface area contributed by atoms with Crippen molar-refractivity contribution < 1.29 is 13.2 Å². The molecule has 3 nitrogen and oxygen atoms in total. The summed E-state index contributed by atoms with van der Waals surface area (Å²) in [5.41, 5.74) is 0. The fourth-order valence-corrected chi connectivity index (χ4v) is 0.500. The molecule has 1 rings (SSSR count). The minimum atomic E-state index is -4.22. The molecule has 1 heterocycles. The summed E-state index contributed by atoms with van der Waals surface area (Å²) in [7, 11) is 0. The Morgan fingerprint density at radius 3 is 2.60 bits per heavy atom. The van der Waals surface area contributed by atoms with Crippen molar-refractivity contribution in [1.29, 1.82) is 0 Å². The molecule has 10 heavy (non-hydrogen) atoms. The topological polar surface area (TPSA) is 41.6 Å². The third kappa shape index (κ3) is 2.04. The van der Waals surface area contributed by atoms with Gasteiger partial charge in [-0.05, 0) is 0 Å². The quantitative estimate of drug-likeness (QED) is 0.648. The molecule has 0 amide bonds. The largest absolute Gasteiger partial charge is 0.396 e. The lowest BCUT2D eigenvalue weighted by Crippen LogP contribution is -2.12. The highest BCUT2D eigenvalue weighted by molar-refractivity contribution is 4.82. The number of halogens is 3. The van der Waals surface area contributed by atoms with Gasteiger partial charge in [0.05, 0.1) is 0 Å². The number of rotatable bonds is 1. The zero-order chi connectivity index (χ0) is 7.61. The summed E-state index contributed by atoms with van der Waals surface area (Å²) < 4.78 is 34.6. The van der Waals surface area contributed by atoms with Gasteiger partial charge in [0.1, 0.15) is 12.7 Å². The van der Waals surface area contributed by atoms with Crippen molar-refractivity contribution in [2.75, 3.05) is 0 Å². The average Bonchev–Trinajstić information content (AvgIpc) is 2.12. The van der Waals surface area contributed by atoms with Crippen molar-refractivity contribution in [3.8, 4) is 0 Å². The van der Waals surface area contributed by atoms with Crippen molar-refractivity contribution in [1.82, 2.24) is 15.2 Å². The normalized spacial score (nSPS) is 11.9. The molecule has 0 bridgehead atoms. The molecule has 1 aromatic heterocycles. The third-order valence-corrected chi connectivity index (χ3v) is 0.823. The van der Waals surface area contributed by atoms with E-state index in [1.54, 1.807) is 0 Å². The van der Waals surface area contributed by atoms with E-state index >= 15 is 0 Å². The van der Waals surface area contributed by atoms with Crippen molar-refractivity contribution in [3.63, 3.8) is 0 Å². The van der Waals surface area contributed by atoms with Gasteiger partial charge in [-0.3, -0.25) is 5.10 Å². The summed E-state index contributed by atoms with van der Waals surface area (Å²) in [6.45, 7) is 0. The first-order valence-corrected chi connectivity index (χ1v) is 2.49. The summed E-state index contributed by atoms with van der Waals surface area (Å²) in [6, 6.07) is 0. The molecule has 1 N–H and O–H groups in total. The lowest BCUT2D eigenvalue weighted by molar-refractivity contribution is -0.128. The van der Waals surface area contributed by atoms with Gasteiger partial charge >= 0.3 is 6.18 Å². The predicted octanol–water partition coefficient (Wildman–Crippen LogP) is 0.909. The second-order valence-electron chi connectivity index (χ2n) is 1.71. The van der Waals surface area contributed by atoms with Crippen molar-refractivity contribution in [3.05, 3.63) is 12.2 Å². The zero-order valence-corrected chi connectivity index (χ0v) is 4.81. The first kappa shape index (κ1) is 7.04. The number of H-pyrrole nitrogens is 1. The van der Waals surface area contributed by atoms with Crippen LogP contribution in [0.25, 0.3) is 0 Å². The molecule has 1 aromatic rings. The summed E-state index contributed by atoms with van der Waals surface area (Å²) in [6.07, 6.45) is -4.18. The second-order valence-corrected chi connectivity index (χ2v) is 1.71. The Hall–Kier alpha value is -1.07. The Labute approximate surface area is 54.3 Å². The average molecular weight is 151 g/mol. The van der Waals surface area contributed by atoms with Gasteiger partial charge in [0.2, 0.25) is 0 Å². The van der Waals surface area contributed by atoms with Crippen LogP contribution in [0.2, 0.25) is 0 Å². The Bertz CT molecular complexity index is 190. The lowest BCUT2D eigenvalue weighted by atomic mass is 10.4. The Morgan fingerprint density at radius 2 is 2.20 bits per heavy atom. The summed E-state index contributed by atoms with van der Waals surface area (Å²) in [4.78, 5) is 3.31. The van der Waals surface area contributed by atoms with Crippen LogP contribution in [-0.2, 0) is 6.42 Å². The monoisotopic (exact) mass is 151 g/mol. The predicted molar refractivity (Wildman–Crippen MR) is 26.1 cm³/mol. The first-order valence-electron chi connectivity index (χ1n) is 2.49. The Morgan fingerprint density at radius 1 is 1.50 bits per heavy atom. The molecule has 6 heteroatoms. The molecule has 0 atom stereocenters. The van der Waals surface area contributed by atoms with E-state index in [4.69, 9.17) is 0 Å². The van der Waals surface area contributed by atoms with Gasteiger partial charge in [0.25, 0.3) is 0 Å². The van der Waals surface area contributed by atoms with Crippen LogP contribution in [0.5, 0.6) is 0 Å². The maximum Gasteiger partial charge on any atom is 0.396 e. The lowest BCUT2D eigenvalue weighted by Gasteiger charge is -2.00. The first-order chi connectivity index (χ1) is 4.58. The van der Waals surface area contributed by atoms with Gasteiger partial charge < -0.3 is 0 Å². The van der Waals surface area contributed by atoms with E-state index in [9.17, 15) is 13.2 Å². The van der Waals surface area contributed by atoms with Crippen LogP contribution in [0.3, 0.4) is 0 Å². The number of nitrogens with one attached hydrogen (secondary N) is 1. The van der Waals surface area contributed by atoms with Crippen LogP contribution in [0, 0.1) is 0 Å². The van der Waals surface area contributed by atoms with Crippen LogP contribution < -0.4 is 0 Å². The van der Waals surface area contributed by atoms with Gasteiger partial charge in [-0.1, -0.05) is 0 Å². The molecule has 0 aromatic carbocycles. The fraction of sp³-hybridized carbons (Fsp3) is 0.500. The van der Waals surface area contributed by atoms with Crippen LogP contribution in [0.1, 0.15) is 5.82 Å². The molecule has 56 valence electrons. The maximum atomic E-state index is 11.5. The van der Waals surface area contributed by atoms with E-state index in [-0.39, 0.29) is 5.82 Å². The molecule has 0 aliphatic rings. The minimum Gasteiger partial charge on any atom is -0.266 e. The fourth-order valence-electron chi connectivity index (χ4n) is 0.500. The molecule has 0 saturated heterocycles. The summed E-state index contributed by atoms with van der Waals surface area (Å²) in [5.74, 6) is -0.229. The standard InChI is InChI=1S/C4H4F3N3/c5-4(6,7)1-3-8-2-9-10-3/h2H,1H2,(H,8,9,10). The highest BCUT2D eigenvalue weighted by atomic mass is 19.4. The number of nitrogens with zero attached hydrogens (tertiary/aromatic N) is 2. The highest BCUT2D eigenvalue weighted by Gasteiger charge is 2.29. The van der Waals surface area contributed by atoms with Crippen LogP contribution in [0.15, 0.2) is 6.33 Å². The number of aromatic amines is 1. The van der Waals surface area contributed by atoms with E-state index in [0.29, 0.717) is 0 Å². The second kappa shape index (κ2) is 2.28. The molecular formula is C4H4F3N3. The van der Waals surface area contributed by atoms with Gasteiger partial charge in [-0.25, -0.2) is 4.98 Å². The molecule has 0 aliphatic carbocycles. The van der Waals surface area contributed by atoms with E-state index in [1.807, 2.05) is 0 Å². The van der Waals surface area contributed by atoms with E-state index in [0.717, 1.165) is 6.33 Å². The molecule has 0 aliphatic heterocycles. The molecule has 0 radical (unpaired) electrons. The molecule has 0 spiro atoms. The highest BCUT2D eigenvalue weighted by Crippen LogP contribution is 2.18.